The van der Waals surface area contributed by atoms with E-state index in [1.807, 2.05) is 0 Å². The number of carbonyl (C=O) groups is 1. The first-order valence-electron chi connectivity index (χ1n) is 7.42. The Balaban J connectivity index is 1.77. The van der Waals surface area contributed by atoms with Gasteiger partial charge in [0.25, 0.3) is 0 Å². The second-order valence-electron chi connectivity index (χ2n) is 5.98. The average Bonchev–Trinajstić information content (AvgIpc) is 3.19. The fourth-order valence-electron chi connectivity index (χ4n) is 2.81. The molecule has 1 unspecified atom stereocenters. The number of benzene rings is 1. The van der Waals surface area contributed by atoms with Crippen molar-refractivity contribution >= 4 is 21.6 Å². The molecule has 22 heavy (non-hydrogen) atoms. The van der Waals surface area contributed by atoms with Crippen LogP contribution in [0.25, 0.3) is 0 Å². The van der Waals surface area contributed by atoms with Crippen LogP contribution >= 0.6 is 0 Å². The van der Waals surface area contributed by atoms with Crippen molar-refractivity contribution in [1.29, 1.82) is 0 Å². The molecule has 1 aliphatic carbocycles. The van der Waals surface area contributed by atoms with Crippen molar-refractivity contribution in [2.24, 2.45) is 5.92 Å². The Morgan fingerprint density at radius 1 is 1.27 bits per heavy atom. The standard InChI is InChI=1S/C15H19FN2O3S/c1-17(22(20,21)10-11-6-7-11)14-8-9-18(15(14)19)13-5-3-2-4-12(13)16/h2-5,11,14H,6-10H2,1H3. The first-order valence-corrected chi connectivity index (χ1v) is 9.02. The minimum absolute atomic E-state index is 0.104. The van der Waals surface area contributed by atoms with Gasteiger partial charge in [0, 0.05) is 13.6 Å². The molecule has 1 saturated heterocycles. The smallest absolute Gasteiger partial charge is 0.245 e. The van der Waals surface area contributed by atoms with Crippen molar-refractivity contribution < 1.29 is 17.6 Å². The summed E-state index contributed by atoms with van der Waals surface area (Å²) in [5, 5.41) is 0. The monoisotopic (exact) mass is 326 g/mol. The van der Waals surface area contributed by atoms with Crippen LogP contribution in [0.5, 0.6) is 0 Å². The zero-order valence-electron chi connectivity index (χ0n) is 12.4. The van der Waals surface area contributed by atoms with Crippen LogP contribution in [-0.4, -0.2) is 44.0 Å². The van der Waals surface area contributed by atoms with Gasteiger partial charge in [-0.25, -0.2) is 12.8 Å². The van der Waals surface area contributed by atoms with E-state index in [2.05, 4.69) is 0 Å². The third-order valence-corrected chi connectivity index (χ3v) is 6.37. The molecule has 5 nitrogen and oxygen atoms in total. The van der Waals surface area contributed by atoms with Crippen molar-refractivity contribution in [3.05, 3.63) is 30.1 Å². The number of hydrogen-bond acceptors (Lipinski definition) is 3. The number of anilines is 1. The molecule has 1 saturated carbocycles. The lowest BCUT2D eigenvalue weighted by molar-refractivity contribution is -0.120. The molecular weight excluding hydrogens is 307 g/mol. The van der Waals surface area contributed by atoms with Crippen molar-refractivity contribution in [2.75, 3.05) is 24.2 Å². The molecule has 1 aromatic carbocycles. The minimum atomic E-state index is -3.44. The lowest BCUT2D eigenvalue weighted by Gasteiger charge is -2.23. The van der Waals surface area contributed by atoms with E-state index in [9.17, 15) is 17.6 Å². The maximum atomic E-state index is 13.8. The van der Waals surface area contributed by atoms with Crippen molar-refractivity contribution in [3.8, 4) is 0 Å². The maximum Gasteiger partial charge on any atom is 0.245 e. The van der Waals surface area contributed by atoms with Gasteiger partial charge in [-0.15, -0.1) is 0 Å². The number of para-hydroxylation sites is 1. The van der Waals surface area contributed by atoms with Crippen LogP contribution in [0.3, 0.4) is 0 Å². The van der Waals surface area contributed by atoms with E-state index in [1.54, 1.807) is 12.1 Å². The van der Waals surface area contributed by atoms with E-state index >= 15 is 0 Å². The van der Waals surface area contributed by atoms with Gasteiger partial charge in [-0.05, 0) is 37.3 Å². The minimum Gasteiger partial charge on any atom is -0.308 e. The molecule has 0 spiro atoms. The van der Waals surface area contributed by atoms with E-state index in [-0.39, 0.29) is 23.3 Å². The fourth-order valence-corrected chi connectivity index (χ4v) is 4.55. The van der Waals surface area contributed by atoms with E-state index in [0.717, 1.165) is 12.8 Å². The van der Waals surface area contributed by atoms with Crippen LogP contribution in [0.1, 0.15) is 19.3 Å². The van der Waals surface area contributed by atoms with Gasteiger partial charge < -0.3 is 4.90 Å². The SMILES string of the molecule is CN(C1CCN(c2ccccc2F)C1=O)S(=O)(=O)CC1CC1. The normalized spacial score (nSPS) is 22.6. The van der Waals surface area contributed by atoms with Crippen LogP contribution < -0.4 is 4.90 Å². The number of likely N-dealkylation sites (N-methyl/N-ethyl adjacent to an activating group) is 1. The number of halogens is 1. The Morgan fingerprint density at radius 3 is 2.59 bits per heavy atom. The Labute approximate surface area is 129 Å². The van der Waals surface area contributed by atoms with Gasteiger partial charge in [0.1, 0.15) is 11.9 Å². The molecule has 1 aromatic rings. The predicted molar refractivity (Wildman–Crippen MR) is 81.4 cm³/mol. The highest BCUT2D eigenvalue weighted by molar-refractivity contribution is 7.89. The highest BCUT2D eigenvalue weighted by Crippen LogP contribution is 2.33. The van der Waals surface area contributed by atoms with Crippen LogP contribution in [0.2, 0.25) is 0 Å². The molecular formula is C15H19FN2O3S. The maximum absolute atomic E-state index is 13.8. The highest BCUT2D eigenvalue weighted by Gasteiger charge is 2.41. The third kappa shape index (κ3) is 2.87. The van der Waals surface area contributed by atoms with E-state index in [1.165, 1.54) is 28.4 Å². The van der Waals surface area contributed by atoms with Gasteiger partial charge in [0.15, 0.2) is 0 Å². The van der Waals surface area contributed by atoms with E-state index < -0.39 is 21.9 Å². The molecule has 0 radical (unpaired) electrons. The van der Waals surface area contributed by atoms with E-state index in [4.69, 9.17) is 0 Å². The number of carbonyl (C=O) groups excluding carboxylic acids is 1. The summed E-state index contributed by atoms with van der Waals surface area (Å²) in [5.74, 6) is -0.494. The summed E-state index contributed by atoms with van der Waals surface area (Å²) < 4.78 is 39.6. The van der Waals surface area contributed by atoms with Gasteiger partial charge >= 0.3 is 0 Å². The van der Waals surface area contributed by atoms with Gasteiger partial charge in [-0.1, -0.05) is 12.1 Å². The van der Waals surface area contributed by atoms with Crippen molar-refractivity contribution in [1.82, 2.24) is 4.31 Å². The predicted octanol–water partition coefficient (Wildman–Crippen LogP) is 1.60. The largest absolute Gasteiger partial charge is 0.308 e. The van der Waals surface area contributed by atoms with Crippen molar-refractivity contribution in [2.45, 2.75) is 25.3 Å². The lowest BCUT2D eigenvalue weighted by Crippen LogP contribution is -2.44. The molecule has 1 aliphatic heterocycles. The Kier molecular flexibility index (Phi) is 3.94. The number of amides is 1. The Hall–Kier alpha value is -1.47. The summed E-state index contributed by atoms with van der Waals surface area (Å²) in [4.78, 5) is 13.8. The summed E-state index contributed by atoms with van der Waals surface area (Å²) in [6.45, 7) is 0.327. The van der Waals surface area contributed by atoms with Crippen molar-refractivity contribution in [3.63, 3.8) is 0 Å². The zero-order valence-corrected chi connectivity index (χ0v) is 13.2. The lowest BCUT2D eigenvalue weighted by atomic mass is 10.2. The quantitative estimate of drug-likeness (QED) is 0.826. The molecule has 1 amide bonds. The molecule has 7 heteroatoms. The number of sulfonamides is 1. The van der Waals surface area contributed by atoms with Crippen LogP contribution in [0.4, 0.5) is 10.1 Å². The van der Waals surface area contributed by atoms with Crippen LogP contribution in [0, 0.1) is 11.7 Å². The zero-order chi connectivity index (χ0) is 15.9. The first-order chi connectivity index (χ1) is 10.4. The molecule has 1 atom stereocenters. The van der Waals surface area contributed by atoms with Gasteiger partial charge in [0.2, 0.25) is 15.9 Å². The summed E-state index contributed by atoms with van der Waals surface area (Å²) in [5.41, 5.74) is 0.211. The van der Waals surface area contributed by atoms with Gasteiger partial charge in [0.05, 0.1) is 11.4 Å². The Bertz CT molecular complexity index is 688. The molecule has 1 heterocycles. The second-order valence-corrected chi connectivity index (χ2v) is 8.06. The molecule has 2 aliphatic rings. The summed E-state index contributed by atoms with van der Waals surface area (Å²) in [6, 6.07) is 5.32. The Morgan fingerprint density at radius 2 is 1.95 bits per heavy atom. The van der Waals surface area contributed by atoms with E-state index in [0.29, 0.717) is 13.0 Å². The molecule has 0 aromatic heterocycles. The molecule has 0 bridgehead atoms. The number of nitrogens with zero attached hydrogens (tertiary/aromatic N) is 2. The molecule has 0 N–H and O–H groups in total. The summed E-state index contributed by atoms with van der Waals surface area (Å²) >= 11 is 0. The third-order valence-electron chi connectivity index (χ3n) is 4.34. The number of rotatable bonds is 5. The molecule has 2 fully saturated rings. The fraction of sp³-hybridized carbons (Fsp3) is 0.533. The molecule has 3 rings (SSSR count). The highest BCUT2D eigenvalue weighted by atomic mass is 32.2. The topological polar surface area (TPSA) is 57.7 Å². The van der Waals surface area contributed by atoms with Crippen LogP contribution in [0.15, 0.2) is 24.3 Å². The average molecular weight is 326 g/mol. The second kappa shape index (κ2) is 5.62. The number of hydrogen-bond donors (Lipinski definition) is 0. The first kappa shape index (κ1) is 15.4. The molecule has 120 valence electrons. The van der Waals surface area contributed by atoms with Crippen LogP contribution in [-0.2, 0) is 14.8 Å². The van der Waals surface area contributed by atoms with Gasteiger partial charge in [-0.3, -0.25) is 4.79 Å². The summed E-state index contributed by atoms with van der Waals surface area (Å²) in [6.07, 6.45) is 2.26. The van der Waals surface area contributed by atoms with Gasteiger partial charge in [-0.2, -0.15) is 4.31 Å². The summed E-state index contributed by atoms with van der Waals surface area (Å²) in [7, 11) is -1.99.